The van der Waals surface area contributed by atoms with Crippen molar-refractivity contribution in [2.75, 3.05) is 6.61 Å². The van der Waals surface area contributed by atoms with Gasteiger partial charge in [-0.2, -0.15) is 0 Å². The molecule has 3 unspecified atom stereocenters. The Balaban J connectivity index is 3.54. The summed E-state index contributed by atoms with van der Waals surface area (Å²) in [5, 5.41) is 33.0. The van der Waals surface area contributed by atoms with Gasteiger partial charge >= 0.3 is 0 Å². The third-order valence-electron chi connectivity index (χ3n) is 9.82. The van der Waals surface area contributed by atoms with E-state index in [-0.39, 0.29) is 18.9 Å². The second-order valence-corrected chi connectivity index (χ2v) is 14.6. The maximum atomic E-state index is 12.4. The molecule has 0 saturated carbocycles. The number of hydrogen-bond donors (Lipinski definition) is 4. The molecule has 0 aromatic rings. The van der Waals surface area contributed by atoms with Crippen molar-refractivity contribution in [1.82, 2.24) is 5.32 Å². The topological polar surface area (TPSA) is 89.8 Å². The fourth-order valence-corrected chi connectivity index (χ4v) is 6.58. The minimum Gasteiger partial charge on any atom is -0.394 e. The lowest BCUT2D eigenvalue weighted by Gasteiger charge is -2.21. The summed E-state index contributed by atoms with van der Waals surface area (Å²) in [4.78, 5) is 12.4. The van der Waals surface area contributed by atoms with Crippen LogP contribution in [0.15, 0.2) is 12.2 Å². The third kappa shape index (κ3) is 34.7. The van der Waals surface area contributed by atoms with Crippen LogP contribution in [0.5, 0.6) is 0 Å². The Morgan fingerprint density at radius 3 is 1.23 bits per heavy atom. The van der Waals surface area contributed by atoms with Crippen LogP contribution in [0, 0.1) is 0 Å². The van der Waals surface area contributed by atoms with Crippen LogP contribution in [0.25, 0.3) is 0 Å². The van der Waals surface area contributed by atoms with E-state index in [4.69, 9.17) is 0 Å². The van der Waals surface area contributed by atoms with Gasteiger partial charge in [0.15, 0.2) is 0 Å². The van der Waals surface area contributed by atoms with Crippen LogP contribution in [-0.2, 0) is 4.79 Å². The molecule has 0 rings (SSSR count). The van der Waals surface area contributed by atoms with Crippen LogP contribution in [-0.4, -0.2) is 46.1 Å². The summed E-state index contributed by atoms with van der Waals surface area (Å²) in [7, 11) is 0. The summed E-state index contributed by atoms with van der Waals surface area (Å²) in [5.41, 5.74) is 0. The van der Waals surface area contributed by atoms with Crippen molar-refractivity contribution in [1.29, 1.82) is 0 Å². The number of nitrogens with one attached hydrogen (secondary N) is 1. The molecular formula is C42H83NO4. The Labute approximate surface area is 293 Å². The van der Waals surface area contributed by atoms with Gasteiger partial charge in [-0.25, -0.2) is 0 Å². The average molecular weight is 666 g/mol. The lowest BCUT2D eigenvalue weighted by Crippen LogP contribution is -2.45. The molecule has 47 heavy (non-hydrogen) atoms. The molecule has 0 spiro atoms. The van der Waals surface area contributed by atoms with Crippen molar-refractivity contribution < 1.29 is 20.1 Å². The third-order valence-corrected chi connectivity index (χ3v) is 9.82. The van der Waals surface area contributed by atoms with E-state index in [0.29, 0.717) is 6.42 Å². The largest absolute Gasteiger partial charge is 0.394 e. The average Bonchev–Trinajstić information content (AvgIpc) is 3.06. The molecule has 0 aliphatic rings. The van der Waals surface area contributed by atoms with Crippen molar-refractivity contribution >= 4 is 5.91 Å². The summed E-state index contributed by atoms with van der Waals surface area (Å²) in [6.45, 7) is 4.19. The molecule has 5 heteroatoms. The Bertz CT molecular complexity index is 655. The maximum Gasteiger partial charge on any atom is 0.222 e. The quantitative estimate of drug-likeness (QED) is 0.0390. The van der Waals surface area contributed by atoms with Gasteiger partial charge in [0.1, 0.15) is 0 Å². The van der Waals surface area contributed by atoms with E-state index < -0.39 is 18.2 Å². The second kappa shape index (κ2) is 37.9. The molecule has 0 radical (unpaired) electrons. The zero-order valence-electron chi connectivity index (χ0n) is 31.7. The predicted molar refractivity (Wildman–Crippen MR) is 204 cm³/mol. The van der Waals surface area contributed by atoms with Gasteiger partial charge in [-0.05, 0) is 19.3 Å². The van der Waals surface area contributed by atoms with Gasteiger partial charge in [-0.1, -0.05) is 212 Å². The lowest BCUT2D eigenvalue weighted by molar-refractivity contribution is -0.124. The number of unbranched alkanes of at least 4 members (excludes halogenated alkanes) is 29. The number of aliphatic hydroxyl groups is 3. The summed E-state index contributed by atoms with van der Waals surface area (Å²) in [6.07, 6.45) is 43.6. The van der Waals surface area contributed by atoms with Gasteiger partial charge in [-0.3, -0.25) is 4.79 Å². The first-order chi connectivity index (χ1) is 23.0. The monoisotopic (exact) mass is 666 g/mol. The number of allylic oxidation sites excluding steroid dienone is 1. The molecule has 0 aliphatic carbocycles. The van der Waals surface area contributed by atoms with Crippen LogP contribution in [0.3, 0.4) is 0 Å². The van der Waals surface area contributed by atoms with Crippen molar-refractivity contribution in [2.45, 2.75) is 244 Å². The summed E-state index contributed by atoms with van der Waals surface area (Å²) in [6, 6.07) is -0.737. The lowest BCUT2D eigenvalue weighted by atomic mass is 10.0. The molecule has 1 amide bonds. The van der Waals surface area contributed by atoms with E-state index in [9.17, 15) is 20.1 Å². The predicted octanol–water partition coefficient (Wildman–Crippen LogP) is 11.7. The van der Waals surface area contributed by atoms with Crippen LogP contribution in [0.1, 0.15) is 226 Å². The fourth-order valence-electron chi connectivity index (χ4n) is 6.58. The highest BCUT2D eigenvalue weighted by atomic mass is 16.3. The molecule has 280 valence electrons. The summed E-state index contributed by atoms with van der Waals surface area (Å²) in [5.74, 6) is -0.315. The first-order valence-electron chi connectivity index (χ1n) is 21.0. The molecule has 0 aromatic carbocycles. The molecule has 4 N–H and O–H groups in total. The highest BCUT2D eigenvalue weighted by Crippen LogP contribution is 2.16. The highest BCUT2D eigenvalue weighted by molar-refractivity contribution is 5.76. The number of carbonyl (C=O) groups is 1. The normalized spacial score (nSPS) is 13.7. The minimum atomic E-state index is -0.922. The van der Waals surface area contributed by atoms with Crippen molar-refractivity contribution in [3.63, 3.8) is 0 Å². The van der Waals surface area contributed by atoms with Gasteiger partial charge in [0.2, 0.25) is 5.91 Å². The molecule has 0 bridgehead atoms. The van der Waals surface area contributed by atoms with Crippen molar-refractivity contribution in [3.8, 4) is 0 Å². The summed E-state index contributed by atoms with van der Waals surface area (Å²) < 4.78 is 0. The Kier molecular flexibility index (Phi) is 37.2. The van der Waals surface area contributed by atoms with Crippen LogP contribution >= 0.6 is 0 Å². The van der Waals surface area contributed by atoms with Crippen LogP contribution in [0.2, 0.25) is 0 Å². The number of carbonyl (C=O) groups excluding carboxylic acids is 1. The Morgan fingerprint density at radius 1 is 0.532 bits per heavy atom. The van der Waals surface area contributed by atoms with E-state index in [2.05, 4.69) is 19.2 Å². The number of rotatable bonds is 38. The SMILES string of the molecule is CCCCCCCCC/C=C/C(O)C(CO)NC(=O)CC(O)CCCCCCCCCCCCCCCCCCCCCCCCC. The fraction of sp³-hybridized carbons (Fsp3) is 0.929. The smallest absolute Gasteiger partial charge is 0.222 e. The minimum absolute atomic E-state index is 0.0181. The molecule has 0 fully saturated rings. The van der Waals surface area contributed by atoms with Gasteiger partial charge in [-0.15, -0.1) is 0 Å². The molecule has 0 saturated heterocycles. The van der Waals surface area contributed by atoms with Crippen LogP contribution < -0.4 is 5.32 Å². The van der Waals surface area contributed by atoms with E-state index >= 15 is 0 Å². The van der Waals surface area contributed by atoms with E-state index in [0.717, 1.165) is 25.7 Å². The summed E-state index contributed by atoms with van der Waals surface area (Å²) >= 11 is 0. The molecular weight excluding hydrogens is 582 g/mol. The van der Waals surface area contributed by atoms with Gasteiger partial charge < -0.3 is 20.6 Å². The molecule has 0 aliphatic heterocycles. The number of hydrogen-bond acceptors (Lipinski definition) is 4. The number of aliphatic hydroxyl groups excluding tert-OH is 3. The second-order valence-electron chi connectivity index (χ2n) is 14.6. The van der Waals surface area contributed by atoms with E-state index in [1.807, 2.05) is 6.08 Å². The molecule has 5 nitrogen and oxygen atoms in total. The van der Waals surface area contributed by atoms with E-state index in [1.54, 1.807) is 6.08 Å². The Hall–Kier alpha value is -0.910. The first-order valence-corrected chi connectivity index (χ1v) is 21.0. The maximum absolute atomic E-state index is 12.4. The Morgan fingerprint density at radius 2 is 0.872 bits per heavy atom. The van der Waals surface area contributed by atoms with E-state index in [1.165, 1.54) is 173 Å². The number of amides is 1. The first kappa shape index (κ1) is 46.1. The van der Waals surface area contributed by atoms with Gasteiger partial charge in [0.05, 0.1) is 31.3 Å². The van der Waals surface area contributed by atoms with Crippen molar-refractivity contribution in [2.24, 2.45) is 0 Å². The molecule has 0 heterocycles. The van der Waals surface area contributed by atoms with Gasteiger partial charge in [0, 0.05) is 0 Å². The molecule has 3 atom stereocenters. The van der Waals surface area contributed by atoms with Gasteiger partial charge in [0.25, 0.3) is 0 Å². The van der Waals surface area contributed by atoms with Crippen molar-refractivity contribution in [3.05, 3.63) is 12.2 Å². The standard InChI is InChI=1S/C42H83NO4/c1-3-5-7-9-11-13-14-15-16-17-18-19-20-21-22-23-24-25-26-28-29-31-33-35-39(45)37-42(47)43-40(38-44)41(46)36-34-32-30-27-12-10-8-6-4-2/h34,36,39-41,44-46H,3-33,35,37-38H2,1-2H3,(H,43,47)/b36-34+. The zero-order chi connectivity index (χ0) is 34.5. The molecule has 0 aromatic heterocycles. The van der Waals surface area contributed by atoms with Crippen LogP contribution in [0.4, 0.5) is 0 Å². The highest BCUT2D eigenvalue weighted by Gasteiger charge is 2.20. The zero-order valence-corrected chi connectivity index (χ0v) is 31.7.